The van der Waals surface area contributed by atoms with Crippen molar-refractivity contribution in [2.75, 3.05) is 0 Å². The lowest BCUT2D eigenvalue weighted by Crippen LogP contribution is -2.29. The van der Waals surface area contributed by atoms with Crippen molar-refractivity contribution in [2.45, 2.75) is 105 Å². The van der Waals surface area contributed by atoms with Gasteiger partial charge in [0.1, 0.15) is 0 Å². The van der Waals surface area contributed by atoms with Crippen LogP contribution < -0.4 is 0 Å². The third-order valence-corrected chi connectivity index (χ3v) is 2.70. The lowest BCUT2D eigenvalue weighted by atomic mass is 10.2. The summed E-state index contributed by atoms with van der Waals surface area (Å²) >= 11 is 0. The molecule has 2 atom stereocenters. The largest absolute Gasteiger partial charge is 0.463 e. The Balaban J connectivity index is 0. The van der Waals surface area contributed by atoms with Gasteiger partial charge < -0.3 is 29.2 Å². The molecule has 2 N–H and O–H groups in total. The zero-order chi connectivity index (χ0) is 24.0. The van der Waals surface area contributed by atoms with Crippen LogP contribution >= 0.6 is 0 Å². The van der Waals surface area contributed by atoms with E-state index in [1.54, 1.807) is 55.4 Å². The standard InChI is InChI=1S/2C10H18O5/c2*1-6(2)14-9(12)5-8(11)10(13)15-7(3)4/h2*6-8,11H,5H2,1-4H3. The van der Waals surface area contributed by atoms with Gasteiger partial charge in [0.15, 0.2) is 12.2 Å². The second-order valence-corrected chi connectivity index (χ2v) is 7.49. The molecular weight excluding hydrogens is 400 g/mol. The summed E-state index contributed by atoms with van der Waals surface area (Å²) in [6.45, 7) is 13.4. The lowest BCUT2D eigenvalue weighted by Gasteiger charge is -2.13. The number of rotatable bonds is 10. The molecule has 0 fully saturated rings. The Labute approximate surface area is 177 Å². The van der Waals surface area contributed by atoms with Crippen LogP contribution in [0.4, 0.5) is 0 Å². The van der Waals surface area contributed by atoms with Crippen LogP contribution in [0, 0.1) is 0 Å². The van der Waals surface area contributed by atoms with Gasteiger partial charge in [0.05, 0.1) is 37.3 Å². The quantitative estimate of drug-likeness (QED) is 0.379. The molecule has 2 unspecified atom stereocenters. The van der Waals surface area contributed by atoms with E-state index in [2.05, 4.69) is 0 Å². The number of hydrogen-bond donors (Lipinski definition) is 2. The number of carbonyl (C=O) groups excluding carboxylic acids is 4. The molecule has 0 aromatic heterocycles. The summed E-state index contributed by atoms with van der Waals surface area (Å²) in [4.78, 5) is 44.3. The van der Waals surface area contributed by atoms with E-state index in [4.69, 9.17) is 18.9 Å². The molecule has 0 bridgehead atoms. The van der Waals surface area contributed by atoms with Gasteiger partial charge in [0.25, 0.3) is 0 Å². The van der Waals surface area contributed by atoms with Crippen molar-refractivity contribution in [1.29, 1.82) is 0 Å². The van der Waals surface area contributed by atoms with Gasteiger partial charge >= 0.3 is 23.9 Å². The molecule has 0 amide bonds. The van der Waals surface area contributed by atoms with Crippen LogP contribution in [-0.2, 0) is 38.1 Å². The molecule has 0 radical (unpaired) electrons. The Morgan fingerprint density at radius 2 is 0.767 bits per heavy atom. The average Bonchev–Trinajstić information content (AvgIpc) is 2.52. The maximum absolute atomic E-state index is 11.1. The minimum Gasteiger partial charge on any atom is -0.463 e. The van der Waals surface area contributed by atoms with Crippen molar-refractivity contribution in [1.82, 2.24) is 0 Å². The highest BCUT2D eigenvalue weighted by molar-refractivity contribution is 5.82. The van der Waals surface area contributed by atoms with E-state index >= 15 is 0 Å². The van der Waals surface area contributed by atoms with Crippen LogP contribution in [-0.4, -0.2) is 70.7 Å². The number of carbonyl (C=O) groups is 4. The van der Waals surface area contributed by atoms with Crippen molar-refractivity contribution in [3.05, 3.63) is 0 Å². The van der Waals surface area contributed by atoms with Crippen LogP contribution in [0.1, 0.15) is 68.2 Å². The van der Waals surface area contributed by atoms with Crippen molar-refractivity contribution in [2.24, 2.45) is 0 Å². The fourth-order valence-electron chi connectivity index (χ4n) is 1.73. The van der Waals surface area contributed by atoms with Gasteiger partial charge in [-0.15, -0.1) is 0 Å². The molecule has 0 saturated heterocycles. The Morgan fingerprint density at radius 3 is 0.967 bits per heavy atom. The SMILES string of the molecule is CC(C)OC(=O)CC(O)C(=O)OC(C)C.CC(C)OC(=O)CC(O)C(=O)OC(C)C. The van der Waals surface area contributed by atoms with Gasteiger partial charge in [-0.25, -0.2) is 9.59 Å². The highest BCUT2D eigenvalue weighted by Gasteiger charge is 2.23. The summed E-state index contributed by atoms with van der Waals surface area (Å²) in [7, 11) is 0. The van der Waals surface area contributed by atoms with E-state index in [9.17, 15) is 29.4 Å². The van der Waals surface area contributed by atoms with Crippen molar-refractivity contribution >= 4 is 23.9 Å². The van der Waals surface area contributed by atoms with E-state index in [0.717, 1.165) is 0 Å². The van der Waals surface area contributed by atoms with Crippen LogP contribution in [0.2, 0.25) is 0 Å². The Bertz CT molecular complexity index is 492. The molecule has 176 valence electrons. The summed E-state index contributed by atoms with van der Waals surface area (Å²) in [6.07, 6.45) is -4.77. The van der Waals surface area contributed by atoms with Gasteiger partial charge in [-0.3, -0.25) is 9.59 Å². The Morgan fingerprint density at radius 1 is 0.533 bits per heavy atom. The van der Waals surface area contributed by atoms with Gasteiger partial charge in [-0.05, 0) is 55.4 Å². The topological polar surface area (TPSA) is 146 Å². The van der Waals surface area contributed by atoms with Gasteiger partial charge in [-0.1, -0.05) is 0 Å². The number of hydrogen-bond acceptors (Lipinski definition) is 10. The zero-order valence-corrected chi connectivity index (χ0v) is 19.0. The normalized spacial score (nSPS) is 12.7. The molecule has 10 heteroatoms. The fourth-order valence-corrected chi connectivity index (χ4v) is 1.73. The molecule has 0 rings (SSSR count). The summed E-state index contributed by atoms with van der Waals surface area (Å²) < 4.78 is 19.0. The van der Waals surface area contributed by atoms with Gasteiger partial charge in [-0.2, -0.15) is 0 Å². The second-order valence-electron chi connectivity index (χ2n) is 7.49. The minimum atomic E-state index is -1.45. The van der Waals surface area contributed by atoms with Crippen molar-refractivity contribution in [3.63, 3.8) is 0 Å². The van der Waals surface area contributed by atoms with E-state index in [-0.39, 0.29) is 37.3 Å². The molecule has 0 heterocycles. The summed E-state index contributed by atoms with van der Waals surface area (Å²) in [5.74, 6) is -2.83. The third kappa shape index (κ3) is 17.9. The molecule has 0 aromatic carbocycles. The van der Waals surface area contributed by atoms with Gasteiger partial charge in [0.2, 0.25) is 0 Å². The van der Waals surface area contributed by atoms with Crippen LogP contribution in [0.3, 0.4) is 0 Å². The summed E-state index contributed by atoms with van der Waals surface area (Å²) in [5, 5.41) is 18.5. The van der Waals surface area contributed by atoms with E-state index in [0.29, 0.717) is 0 Å². The first-order valence-corrected chi connectivity index (χ1v) is 9.81. The molecule has 10 nitrogen and oxygen atoms in total. The summed E-state index contributed by atoms with van der Waals surface area (Å²) in [6, 6.07) is 0. The Kier molecular flexibility index (Phi) is 15.6. The van der Waals surface area contributed by atoms with E-state index in [1.165, 1.54) is 0 Å². The fraction of sp³-hybridized carbons (Fsp3) is 0.800. The number of aliphatic hydroxyl groups is 2. The molecule has 30 heavy (non-hydrogen) atoms. The highest BCUT2D eigenvalue weighted by atomic mass is 16.6. The van der Waals surface area contributed by atoms with Gasteiger partial charge in [0, 0.05) is 0 Å². The molecule has 0 aromatic rings. The maximum atomic E-state index is 11.1. The summed E-state index contributed by atoms with van der Waals surface area (Å²) in [5.41, 5.74) is 0. The van der Waals surface area contributed by atoms with Crippen LogP contribution in [0.15, 0.2) is 0 Å². The number of ether oxygens (including phenoxy) is 4. The number of esters is 4. The molecule has 0 spiro atoms. The first-order chi connectivity index (χ1) is 13.6. The van der Waals surface area contributed by atoms with E-state index < -0.39 is 36.1 Å². The predicted octanol–water partition coefficient (Wildman–Crippen LogP) is 1.28. The highest BCUT2D eigenvalue weighted by Crippen LogP contribution is 2.03. The third-order valence-electron chi connectivity index (χ3n) is 2.70. The van der Waals surface area contributed by atoms with Crippen molar-refractivity contribution < 1.29 is 48.3 Å². The first kappa shape index (κ1) is 30.0. The average molecular weight is 436 g/mol. The minimum absolute atomic E-state index is 0.259. The first-order valence-electron chi connectivity index (χ1n) is 9.81. The lowest BCUT2D eigenvalue weighted by molar-refractivity contribution is -0.164. The number of aliphatic hydroxyl groups excluding tert-OH is 2. The predicted molar refractivity (Wildman–Crippen MR) is 106 cm³/mol. The van der Waals surface area contributed by atoms with Crippen LogP contribution in [0.5, 0.6) is 0 Å². The van der Waals surface area contributed by atoms with Crippen LogP contribution in [0.25, 0.3) is 0 Å². The maximum Gasteiger partial charge on any atom is 0.335 e. The smallest absolute Gasteiger partial charge is 0.335 e. The zero-order valence-electron chi connectivity index (χ0n) is 19.0. The molecule has 0 aliphatic heterocycles. The second kappa shape index (κ2) is 15.6. The molecule has 0 saturated carbocycles. The molecular formula is C20H36O10. The molecule has 0 aliphatic carbocycles. The monoisotopic (exact) mass is 436 g/mol. The van der Waals surface area contributed by atoms with Crippen molar-refractivity contribution in [3.8, 4) is 0 Å². The molecule has 0 aliphatic rings. The van der Waals surface area contributed by atoms with E-state index in [1.807, 2.05) is 0 Å². The Hall–Kier alpha value is -2.20.